The number of rotatable bonds is 6. The lowest BCUT2D eigenvalue weighted by atomic mass is 9.64. The maximum absolute atomic E-state index is 12.3. The lowest BCUT2D eigenvalue weighted by molar-refractivity contribution is -0.121. The van der Waals surface area contributed by atoms with Crippen LogP contribution in [0.5, 0.6) is 0 Å². The van der Waals surface area contributed by atoms with Gasteiger partial charge in [-0.15, -0.1) is 0 Å². The number of sulfonamides is 1. The summed E-state index contributed by atoms with van der Waals surface area (Å²) in [7, 11) is -3.55. The van der Waals surface area contributed by atoms with Gasteiger partial charge in [0.2, 0.25) is 5.91 Å². The lowest BCUT2D eigenvalue weighted by Crippen LogP contribution is -2.45. The first-order valence-electron chi connectivity index (χ1n) is 9.59. The van der Waals surface area contributed by atoms with Crippen LogP contribution in [0.15, 0.2) is 62.9 Å². The molecule has 29 heavy (non-hydrogen) atoms. The van der Waals surface area contributed by atoms with Crippen LogP contribution in [0.25, 0.3) is 0 Å². The Bertz CT molecular complexity index is 1080. The Morgan fingerprint density at radius 2 is 1.97 bits per heavy atom. The number of nitrogens with zero attached hydrogens (tertiary/aromatic N) is 1. The SMILES string of the molecule is O=C(CCN=C1NS(=O)(=O)c2ccccc21)NCC1(c2cccc(Br)c2)CCC1. The Morgan fingerprint density at radius 3 is 2.69 bits per heavy atom. The van der Waals surface area contributed by atoms with Crippen LogP contribution in [0.4, 0.5) is 0 Å². The van der Waals surface area contributed by atoms with E-state index in [2.05, 4.69) is 43.1 Å². The molecule has 2 aromatic carbocycles. The van der Waals surface area contributed by atoms with E-state index in [4.69, 9.17) is 0 Å². The van der Waals surface area contributed by atoms with Crippen molar-refractivity contribution < 1.29 is 13.2 Å². The minimum atomic E-state index is -3.55. The molecule has 2 N–H and O–H groups in total. The Labute approximate surface area is 179 Å². The molecule has 2 aromatic rings. The van der Waals surface area contributed by atoms with Gasteiger partial charge >= 0.3 is 0 Å². The van der Waals surface area contributed by atoms with Gasteiger partial charge in [0, 0.05) is 28.4 Å². The second-order valence-corrected chi connectivity index (χ2v) is 10.1. The van der Waals surface area contributed by atoms with Crippen molar-refractivity contribution in [2.75, 3.05) is 13.1 Å². The van der Waals surface area contributed by atoms with E-state index >= 15 is 0 Å². The molecule has 0 spiro atoms. The maximum Gasteiger partial charge on any atom is 0.263 e. The van der Waals surface area contributed by atoms with Crippen molar-refractivity contribution in [1.29, 1.82) is 0 Å². The van der Waals surface area contributed by atoms with E-state index in [1.54, 1.807) is 24.3 Å². The quantitative estimate of drug-likeness (QED) is 0.672. The highest BCUT2D eigenvalue weighted by atomic mass is 79.9. The van der Waals surface area contributed by atoms with Crippen molar-refractivity contribution in [2.45, 2.75) is 36.0 Å². The highest BCUT2D eigenvalue weighted by molar-refractivity contribution is 9.10. The summed E-state index contributed by atoms with van der Waals surface area (Å²) < 4.78 is 27.7. The van der Waals surface area contributed by atoms with Crippen molar-refractivity contribution in [3.63, 3.8) is 0 Å². The Hall–Kier alpha value is -2.19. The van der Waals surface area contributed by atoms with Gasteiger partial charge in [-0.25, -0.2) is 8.42 Å². The van der Waals surface area contributed by atoms with Gasteiger partial charge in [0.05, 0.1) is 11.4 Å². The van der Waals surface area contributed by atoms with Crippen LogP contribution in [0.1, 0.15) is 36.8 Å². The molecule has 152 valence electrons. The summed E-state index contributed by atoms with van der Waals surface area (Å²) in [6.45, 7) is 0.830. The number of benzene rings is 2. The average Bonchev–Trinajstić information content (AvgIpc) is 2.92. The minimum Gasteiger partial charge on any atom is -0.355 e. The molecule has 0 saturated heterocycles. The number of amidine groups is 1. The van der Waals surface area contributed by atoms with Crippen LogP contribution in [0.2, 0.25) is 0 Å². The number of carbonyl (C=O) groups is 1. The van der Waals surface area contributed by atoms with E-state index in [1.807, 2.05) is 12.1 Å². The molecule has 1 heterocycles. The first-order valence-corrected chi connectivity index (χ1v) is 11.9. The summed E-state index contributed by atoms with van der Waals surface area (Å²) in [5.41, 5.74) is 1.80. The second kappa shape index (κ2) is 7.91. The highest BCUT2D eigenvalue weighted by Crippen LogP contribution is 2.43. The molecule has 8 heteroatoms. The minimum absolute atomic E-state index is 0.00532. The molecule has 1 amide bonds. The van der Waals surface area contributed by atoms with E-state index in [1.165, 1.54) is 5.56 Å². The van der Waals surface area contributed by atoms with Crippen molar-refractivity contribution in [2.24, 2.45) is 4.99 Å². The molecule has 1 saturated carbocycles. The number of carbonyl (C=O) groups excluding carboxylic acids is 1. The van der Waals surface area contributed by atoms with Gasteiger partial charge in [0.1, 0.15) is 5.84 Å². The zero-order valence-corrected chi connectivity index (χ0v) is 18.2. The van der Waals surface area contributed by atoms with E-state index in [9.17, 15) is 13.2 Å². The molecule has 4 rings (SSSR count). The van der Waals surface area contributed by atoms with Crippen LogP contribution >= 0.6 is 15.9 Å². The van der Waals surface area contributed by atoms with Gasteiger partial charge in [-0.05, 0) is 42.7 Å². The van der Waals surface area contributed by atoms with Gasteiger partial charge in [-0.2, -0.15) is 0 Å². The summed E-state index contributed by atoms with van der Waals surface area (Å²) in [4.78, 5) is 16.9. The lowest BCUT2D eigenvalue weighted by Gasteiger charge is -2.42. The third-order valence-corrected chi connectivity index (χ3v) is 7.53. The number of nitrogens with one attached hydrogen (secondary N) is 2. The van der Waals surface area contributed by atoms with E-state index in [-0.39, 0.29) is 29.2 Å². The molecule has 6 nitrogen and oxygen atoms in total. The van der Waals surface area contributed by atoms with Crippen molar-refractivity contribution in [3.8, 4) is 0 Å². The zero-order valence-electron chi connectivity index (χ0n) is 15.8. The van der Waals surface area contributed by atoms with E-state index in [0.717, 1.165) is 23.7 Å². The highest BCUT2D eigenvalue weighted by Gasteiger charge is 2.38. The predicted octanol–water partition coefficient (Wildman–Crippen LogP) is 3.12. The summed E-state index contributed by atoms with van der Waals surface area (Å²) in [6, 6.07) is 15.0. The zero-order chi connectivity index (χ0) is 20.5. The normalized spacial score (nSPS) is 19.8. The van der Waals surface area contributed by atoms with Gasteiger partial charge in [-0.3, -0.25) is 14.5 Å². The van der Waals surface area contributed by atoms with Gasteiger partial charge in [-0.1, -0.05) is 46.6 Å². The average molecular weight is 476 g/mol. The van der Waals surface area contributed by atoms with Gasteiger partial charge in [0.15, 0.2) is 0 Å². The summed E-state index contributed by atoms with van der Waals surface area (Å²) in [6.07, 6.45) is 3.49. The molecule has 1 fully saturated rings. The van der Waals surface area contributed by atoms with E-state index in [0.29, 0.717) is 17.9 Å². The molecule has 0 bridgehead atoms. The molecular formula is C21H22BrN3O3S. The smallest absolute Gasteiger partial charge is 0.263 e. The molecular weight excluding hydrogens is 454 g/mol. The standard InChI is InChI=1S/C21H22BrN3O3S/c22-16-6-3-5-15(13-16)21(10-4-11-21)14-24-19(26)9-12-23-20-17-7-1-2-8-18(17)29(27,28)25-20/h1-3,5-8,13H,4,9-12,14H2,(H,23,25)(H,24,26). The Kier molecular flexibility index (Phi) is 5.48. The third kappa shape index (κ3) is 4.09. The Balaban J connectivity index is 1.35. The van der Waals surface area contributed by atoms with Crippen molar-refractivity contribution >= 4 is 37.7 Å². The number of halogens is 1. The van der Waals surface area contributed by atoms with Crippen LogP contribution in [0.3, 0.4) is 0 Å². The summed E-state index contributed by atoms with van der Waals surface area (Å²) >= 11 is 3.52. The van der Waals surface area contributed by atoms with Gasteiger partial charge in [0.25, 0.3) is 10.0 Å². The molecule has 0 atom stereocenters. The van der Waals surface area contributed by atoms with Crippen molar-refractivity contribution in [3.05, 3.63) is 64.1 Å². The van der Waals surface area contributed by atoms with Crippen molar-refractivity contribution in [1.82, 2.24) is 10.0 Å². The Morgan fingerprint density at radius 1 is 1.17 bits per heavy atom. The first kappa shape index (κ1) is 20.1. The fourth-order valence-electron chi connectivity index (χ4n) is 3.87. The monoisotopic (exact) mass is 475 g/mol. The molecule has 0 aromatic heterocycles. The summed E-state index contributed by atoms with van der Waals surface area (Å²) in [5.74, 6) is 0.225. The molecule has 1 aliphatic heterocycles. The van der Waals surface area contributed by atoms with Crippen LogP contribution in [-0.2, 0) is 20.2 Å². The molecule has 0 unspecified atom stereocenters. The van der Waals surface area contributed by atoms with Crippen LogP contribution in [-0.4, -0.2) is 33.3 Å². The number of hydrogen-bond donors (Lipinski definition) is 2. The fourth-order valence-corrected chi connectivity index (χ4v) is 5.52. The number of hydrogen-bond acceptors (Lipinski definition) is 4. The maximum atomic E-state index is 12.3. The predicted molar refractivity (Wildman–Crippen MR) is 115 cm³/mol. The number of amides is 1. The third-order valence-electron chi connectivity index (χ3n) is 5.64. The van der Waals surface area contributed by atoms with Gasteiger partial charge < -0.3 is 5.32 Å². The fraction of sp³-hybridized carbons (Fsp3) is 0.333. The summed E-state index contributed by atoms with van der Waals surface area (Å²) in [5, 5.41) is 3.04. The molecule has 2 aliphatic rings. The van der Waals surface area contributed by atoms with E-state index < -0.39 is 10.0 Å². The largest absolute Gasteiger partial charge is 0.355 e. The second-order valence-electron chi connectivity index (χ2n) is 7.50. The number of aliphatic imine (C=N–C) groups is 1. The van der Waals surface area contributed by atoms with Crippen LogP contribution in [0, 0.1) is 0 Å². The van der Waals surface area contributed by atoms with Crippen LogP contribution < -0.4 is 10.0 Å². The topological polar surface area (TPSA) is 87.6 Å². The molecule has 1 aliphatic carbocycles. The number of fused-ring (bicyclic) bond motifs is 1. The molecule has 0 radical (unpaired) electrons. The first-order chi connectivity index (χ1) is 13.9.